The van der Waals surface area contributed by atoms with Gasteiger partial charge in [-0.15, -0.1) is 0 Å². The highest BCUT2D eigenvalue weighted by Gasteiger charge is 2.33. The van der Waals surface area contributed by atoms with Crippen LogP contribution in [-0.4, -0.2) is 22.6 Å². The number of esters is 1. The molecular formula is C30H27N3O6S. The number of nitro groups is 1. The average molecular weight is 558 g/mol. The number of fused-ring (bicyclic) bond motifs is 1. The Bertz CT molecular complexity index is 1850. The summed E-state index contributed by atoms with van der Waals surface area (Å²) < 4.78 is 12.8. The molecule has 3 heterocycles. The highest BCUT2D eigenvalue weighted by molar-refractivity contribution is 7.07. The van der Waals surface area contributed by atoms with Crippen LogP contribution in [0.1, 0.15) is 50.6 Å². The van der Waals surface area contributed by atoms with E-state index in [2.05, 4.69) is 25.8 Å². The second-order valence-corrected chi connectivity index (χ2v) is 11.4. The van der Waals surface area contributed by atoms with Gasteiger partial charge in [0, 0.05) is 12.1 Å². The molecule has 0 radical (unpaired) electrons. The Balaban J connectivity index is 1.63. The van der Waals surface area contributed by atoms with Crippen molar-refractivity contribution in [1.29, 1.82) is 0 Å². The molecule has 1 aliphatic rings. The molecule has 10 heteroatoms. The van der Waals surface area contributed by atoms with Crippen LogP contribution < -0.4 is 14.9 Å². The van der Waals surface area contributed by atoms with Gasteiger partial charge in [0.05, 0.1) is 39.4 Å². The zero-order valence-electron chi connectivity index (χ0n) is 22.6. The number of furan rings is 1. The number of carbonyl (C=O) groups excluding carboxylic acids is 1. The number of hydrogen-bond donors (Lipinski definition) is 0. The molecule has 0 spiro atoms. The minimum Gasteiger partial charge on any atom is -0.466 e. The summed E-state index contributed by atoms with van der Waals surface area (Å²) in [6, 6.07) is 16.7. The van der Waals surface area contributed by atoms with Gasteiger partial charge in [0.1, 0.15) is 11.5 Å². The smallest absolute Gasteiger partial charge is 0.338 e. The molecule has 4 aromatic rings. The lowest BCUT2D eigenvalue weighted by molar-refractivity contribution is -0.384. The summed E-state index contributed by atoms with van der Waals surface area (Å²) in [6.07, 6.45) is 1.58. The summed E-state index contributed by atoms with van der Waals surface area (Å²) in [5, 5.41) is 11.5. The monoisotopic (exact) mass is 557 g/mol. The van der Waals surface area contributed by atoms with Crippen LogP contribution in [0.5, 0.6) is 0 Å². The van der Waals surface area contributed by atoms with Crippen LogP contribution in [0.3, 0.4) is 0 Å². The standard InChI is InChI=1S/C30H27N3O6S/c1-17-25(28(35)38-5)26(18-10-12-19(13-11-18)30(2,3)4)32-27(34)24(40-29(32)31-17)16-20-14-15-23(39-20)21-8-6-7-9-22(21)33(36)37/h6-16,26H,1-5H3/b24-16+. The number of carbonyl (C=O) groups is 1. The van der Waals surface area contributed by atoms with E-state index in [1.165, 1.54) is 29.1 Å². The van der Waals surface area contributed by atoms with Crippen molar-refractivity contribution in [2.75, 3.05) is 7.11 Å². The van der Waals surface area contributed by atoms with E-state index in [0.717, 1.165) is 11.1 Å². The summed E-state index contributed by atoms with van der Waals surface area (Å²) in [5.41, 5.74) is 2.50. The van der Waals surface area contributed by atoms with Crippen molar-refractivity contribution >= 4 is 29.1 Å². The first-order chi connectivity index (χ1) is 19.0. The van der Waals surface area contributed by atoms with Gasteiger partial charge < -0.3 is 9.15 Å². The molecule has 0 N–H and O–H groups in total. The van der Waals surface area contributed by atoms with Crippen molar-refractivity contribution in [3.8, 4) is 11.3 Å². The Kier molecular flexibility index (Phi) is 6.89. The number of benzene rings is 2. The lowest BCUT2D eigenvalue weighted by atomic mass is 9.85. The lowest BCUT2D eigenvalue weighted by Gasteiger charge is -2.25. The third-order valence-electron chi connectivity index (χ3n) is 6.79. The fraction of sp³-hybridized carbons (Fsp3) is 0.233. The van der Waals surface area contributed by atoms with Gasteiger partial charge in [-0.2, -0.15) is 0 Å². The van der Waals surface area contributed by atoms with Crippen molar-refractivity contribution in [3.63, 3.8) is 0 Å². The average Bonchev–Trinajstić information content (AvgIpc) is 3.51. The number of nitro benzene ring substituents is 1. The molecule has 0 saturated heterocycles. The quantitative estimate of drug-likeness (QED) is 0.196. The second-order valence-electron chi connectivity index (χ2n) is 10.4. The van der Waals surface area contributed by atoms with E-state index < -0.39 is 16.9 Å². The molecule has 0 bridgehead atoms. The van der Waals surface area contributed by atoms with Gasteiger partial charge in [-0.05, 0) is 41.7 Å². The second kappa shape index (κ2) is 10.2. The van der Waals surface area contributed by atoms with Crippen LogP contribution in [-0.2, 0) is 14.9 Å². The lowest BCUT2D eigenvalue weighted by Crippen LogP contribution is -2.39. The van der Waals surface area contributed by atoms with Gasteiger partial charge in [0.15, 0.2) is 4.80 Å². The number of para-hydroxylation sites is 1. The molecule has 1 atom stereocenters. The molecule has 204 valence electrons. The van der Waals surface area contributed by atoms with E-state index in [4.69, 9.17) is 9.15 Å². The van der Waals surface area contributed by atoms with Crippen LogP contribution in [0.25, 0.3) is 17.4 Å². The van der Waals surface area contributed by atoms with Gasteiger partial charge in [-0.1, -0.05) is 68.5 Å². The highest BCUT2D eigenvalue weighted by Crippen LogP contribution is 2.33. The number of allylic oxidation sites excluding steroid dienone is 1. The molecular weight excluding hydrogens is 530 g/mol. The third kappa shape index (κ3) is 4.82. The minimum absolute atomic E-state index is 0.0635. The largest absolute Gasteiger partial charge is 0.466 e. The molecule has 0 amide bonds. The van der Waals surface area contributed by atoms with Crippen molar-refractivity contribution in [2.24, 2.45) is 4.99 Å². The summed E-state index contributed by atoms with van der Waals surface area (Å²) in [7, 11) is 1.30. The van der Waals surface area contributed by atoms with Crippen LogP contribution in [0.4, 0.5) is 5.69 Å². The Morgan fingerprint density at radius 1 is 1.12 bits per heavy atom. The summed E-state index contributed by atoms with van der Waals surface area (Å²) in [6.45, 7) is 8.08. The van der Waals surface area contributed by atoms with E-state index >= 15 is 0 Å². The molecule has 1 aliphatic heterocycles. The number of nitrogens with zero attached hydrogens (tertiary/aromatic N) is 3. The molecule has 40 heavy (non-hydrogen) atoms. The number of methoxy groups -OCH3 is 1. The minimum atomic E-state index is -0.723. The number of thiazole rings is 1. The van der Waals surface area contributed by atoms with Gasteiger partial charge >= 0.3 is 5.97 Å². The SMILES string of the molecule is COC(=O)C1=C(C)N=c2s/c(=C/c3ccc(-c4ccccc4[N+](=O)[O-])o3)c(=O)n2C1c1ccc(C(C)(C)C)cc1. The molecule has 5 rings (SSSR count). The number of ether oxygens (including phenoxy) is 1. The zero-order chi connectivity index (χ0) is 28.8. The van der Waals surface area contributed by atoms with Gasteiger partial charge in [-0.25, -0.2) is 9.79 Å². The Hall–Kier alpha value is -4.57. The van der Waals surface area contributed by atoms with Crippen LogP contribution in [0, 0.1) is 10.1 Å². The molecule has 2 aromatic heterocycles. The highest BCUT2D eigenvalue weighted by atomic mass is 32.1. The van der Waals surface area contributed by atoms with E-state index in [1.807, 2.05) is 24.3 Å². The van der Waals surface area contributed by atoms with E-state index in [-0.39, 0.29) is 16.7 Å². The number of aromatic nitrogens is 1. The maximum absolute atomic E-state index is 13.8. The molecule has 0 saturated carbocycles. The first-order valence-electron chi connectivity index (χ1n) is 12.5. The van der Waals surface area contributed by atoms with Gasteiger partial charge in [0.2, 0.25) is 0 Å². The molecule has 1 unspecified atom stereocenters. The normalized spacial score (nSPS) is 15.5. The van der Waals surface area contributed by atoms with E-state index in [0.29, 0.717) is 37.7 Å². The molecule has 2 aromatic carbocycles. The van der Waals surface area contributed by atoms with Gasteiger partial charge in [-0.3, -0.25) is 19.5 Å². The molecule has 0 fully saturated rings. The van der Waals surface area contributed by atoms with Crippen molar-refractivity contribution in [1.82, 2.24) is 4.57 Å². The summed E-state index contributed by atoms with van der Waals surface area (Å²) in [4.78, 5) is 42.7. The van der Waals surface area contributed by atoms with E-state index in [1.54, 1.807) is 43.3 Å². The summed E-state index contributed by atoms with van der Waals surface area (Å²) >= 11 is 1.17. The predicted octanol–water partition coefficient (Wildman–Crippen LogP) is 4.87. The first kappa shape index (κ1) is 27.0. The van der Waals surface area contributed by atoms with Crippen LogP contribution in [0.15, 0.2) is 86.1 Å². The topological polar surface area (TPSA) is 117 Å². The van der Waals surface area contributed by atoms with E-state index in [9.17, 15) is 19.7 Å². The molecule has 0 aliphatic carbocycles. The third-order valence-corrected chi connectivity index (χ3v) is 7.77. The molecule has 9 nitrogen and oxygen atoms in total. The Morgan fingerprint density at radius 3 is 2.48 bits per heavy atom. The fourth-order valence-corrected chi connectivity index (χ4v) is 5.75. The Labute approximate surface area is 233 Å². The number of hydrogen-bond acceptors (Lipinski definition) is 8. The van der Waals surface area contributed by atoms with Gasteiger partial charge in [0.25, 0.3) is 11.2 Å². The fourth-order valence-electron chi connectivity index (χ4n) is 4.72. The van der Waals surface area contributed by atoms with Crippen molar-refractivity contribution in [2.45, 2.75) is 39.2 Å². The maximum atomic E-state index is 13.8. The van der Waals surface area contributed by atoms with Crippen LogP contribution in [0.2, 0.25) is 0 Å². The zero-order valence-corrected chi connectivity index (χ0v) is 23.4. The Morgan fingerprint density at radius 2 is 1.82 bits per heavy atom. The van der Waals surface area contributed by atoms with Crippen LogP contribution >= 0.6 is 11.3 Å². The van der Waals surface area contributed by atoms with Crippen molar-refractivity contribution < 1.29 is 18.9 Å². The predicted molar refractivity (Wildman–Crippen MR) is 152 cm³/mol. The van der Waals surface area contributed by atoms with Crippen molar-refractivity contribution in [3.05, 3.63) is 119 Å². The summed E-state index contributed by atoms with van der Waals surface area (Å²) in [5.74, 6) is 0.112. The number of rotatable bonds is 5. The first-order valence-corrected chi connectivity index (χ1v) is 13.4. The maximum Gasteiger partial charge on any atom is 0.338 e.